The van der Waals surface area contributed by atoms with E-state index in [0.717, 1.165) is 38.7 Å². The van der Waals surface area contributed by atoms with Crippen LogP contribution in [0.25, 0.3) is 32.1 Å². The van der Waals surface area contributed by atoms with E-state index in [4.69, 9.17) is 9.47 Å². The molecular formula is C23H21N3O3S. The van der Waals surface area contributed by atoms with Gasteiger partial charge in [0.05, 0.1) is 5.52 Å². The highest BCUT2D eigenvalue weighted by molar-refractivity contribution is 7.22. The molecule has 30 heavy (non-hydrogen) atoms. The van der Waals surface area contributed by atoms with E-state index in [1.165, 1.54) is 11.3 Å². The molecule has 0 saturated heterocycles. The Morgan fingerprint density at radius 2 is 1.90 bits per heavy atom. The number of carbonyl (C=O) groups is 1. The second-order valence-electron chi connectivity index (χ2n) is 7.46. The average molecular weight is 420 g/mol. The zero-order valence-electron chi connectivity index (χ0n) is 16.8. The Hall–Kier alpha value is -3.16. The van der Waals surface area contributed by atoms with Crippen molar-refractivity contribution >= 4 is 38.2 Å². The number of amides is 1. The SMILES string of the molecule is CN(C)CCNC(=O)c1sc2c(cnc3cc4c(cc32)OCO4)c1-c1ccccc1. The van der Waals surface area contributed by atoms with E-state index in [1.54, 1.807) is 0 Å². The van der Waals surface area contributed by atoms with Crippen LogP contribution in [0.3, 0.4) is 0 Å². The summed E-state index contributed by atoms with van der Waals surface area (Å²) < 4.78 is 12.1. The third-order valence-electron chi connectivity index (χ3n) is 5.13. The summed E-state index contributed by atoms with van der Waals surface area (Å²) in [6.07, 6.45) is 1.86. The van der Waals surface area contributed by atoms with E-state index in [9.17, 15) is 4.79 Å². The molecule has 4 aromatic rings. The standard InChI is InChI=1S/C23H21N3O3S/c1-26(2)9-8-24-23(27)22-20(14-6-4-3-5-7-14)16-12-25-17-11-19-18(28-13-29-19)10-15(17)21(16)30-22/h3-7,10-12H,8-9,13H2,1-2H3,(H,24,27). The van der Waals surface area contributed by atoms with Gasteiger partial charge in [0.25, 0.3) is 5.91 Å². The van der Waals surface area contributed by atoms with Crippen LogP contribution in [0.5, 0.6) is 11.5 Å². The van der Waals surface area contributed by atoms with Crippen molar-refractivity contribution in [2.75, 3.05) is 34.0 Å². The van der Waals surface area contributed by atoms with Crippen LogP contribution in [-0.2, 0) is 0 Å². The van der Waals surface area contributed by atoms with Crippen LogP contribution in [0.15, 0.2) is 48.7 Å². The fourth-order valence-corrected chi connectivity index (χ4v) is 4.88. The maximum absolute atomic E-state index is 13.1. The Bertz CT molecular complexity index is 1250. The number of nitrogens with zero attached hydrogens (tertiary/aromatic N) is 2. The quantitative estimate of drug-likeness (QED) is 0.527. The summed E-state index contributed by atoms with van der Waals surface area (Å²) in [4.78, 5) is 20.5. The van der Waals surface area contributed by atoms with Gasteiger partial charge in [-0.05, 0) is 25.7 Å². The van der Waals surface area contributed by atoms with Crippen molar-refractivity contribution in [2.45, 2.75) is 0 Å². The van der Waals surface area contributed by atoms with Gasteiger partial charge in [-0.15, -0.1) is 11.3 Å². The van der Waals surface area contributed by atoms with E-state index in [-0.39, 0.29) is 12.7 Å². The van der Waals surface area contributed by atoms with Crippen LogP contribution in [0.1, 0.15) is 9.67 Å². The van der Waals surface area contributed by atoms with Crippen molar-refractivity contribution in [3.05, 3.63) is 53.5 Å². The molecule has 2 aromatic carbocycles. The minimum Gasteiger partial charge on any atom is -0.454 e. The molecule has 5 rings (SSSR count). The monoisotopic (exact) mass is 419 g/mol. The van der Waals surface area contributed by atoms with E-state index >= 15 is 0 Å². The predicted octanol–water partition coefficient (Wildman–Crippen LogP) is 4.14. The number of thiophene rings is 1. The number of benzene rings is 2. The summed E-state index contributed by atoms with van der Waals surface area (Å²) in [5.41, 5.74) is 2.75. The Morgan fingerprint density at radius 3 is 2.67 bits per heavy atom. The van der Waals surface area contributed by atoms with Gasteiger partial charge in [-0.3, -0.25) is 9.78 Å². The lowest BCUT2D eigenvalue weighted by Crippen LogP contribution is -2.31. The summed E-state index contributed by atoms with van der Waals surface area (Å²) in [6.45, 7) is 1.59. The second-order valence-corrected chi connectivity index (χ2v) is 8.48. The first-order chi connectivity index (χ1) is 14.6. The molecule has 152 valence electrons. The number of aromatic nitrogens is 1. The molecule has 0 saturated carbocycles. The van der Waals surface area contributed by atoms with Crippen LogP contribution in [0.2, 0.25) is 0 Å². The first-order valence-electron chi connectivity index (χ1n) is 9.75. The van der Waals surface area contributed by atoms with Gasteiger partial charge in [-0.2, -0.15) is 0 Å². The molecule has 1 amide bonds. The maximum atomic E-state index is 13.1. The fourth-order valence-electron chi connectivity index (χ4n) is 3.65. The molecule has 0 fully saturated rings. The highest BCUT2D eigenvalue weighted by Gasteiger charge is 2.23. The normalized spacial score (nSPS) is 12.8. The predicted molar refractivity (Wildman–Crippen MR) is 120 cm³/mol. The lowest BCUT2D eigenvalue weighted by atomic mass is 10.0. The summed E-state index contributed by atoms with van der Waals surface area (Å²) in [5, 5.41) is 4.99. The van der Waals surface area contributed by atoms with Gasteiger partial charge in [-0.25, -0.2) is 0 Å². The number of carbonyl (C=O) groups excluding carboxylic acids is 1. The number of nitrogens with one attached hydrogen (secondary N) is 1. The van der Waals surface area contributed by atoms with Crippen molar-refractivity contribution < 1.29 is 14.3 Å². The molecular weight excluding hydrogens is 398 g/mol. The van der Waals surface area contributed by atoms with E-state index in [0.29, 0.717) is 22.9 Å². The van der Waals surface area contributed by atoms with E-state index in [2.05, 4.69) is 10.3 Å². The third-order valence-corrected chi connectivity index (χ3v) is 6.36. The van der Waals surface area contributed by atoms with Gasteiger partial charge in [0, 0.05) is 46.4 Å². The topological polar surface area (TPSA) is 63.7 Å². The number of fused-ring (bicyclic) bond motifs is 4. The summed E-state index contributed by atoms with van der Waals surface area (Å²) >= 11 is 1.50. The maximum Gasteiger partial charge on any atom is 0.262 e. The molecule has 7 heteroatoms. The molecule has 0 atom stereocenters. The minimum absolute atomic E-state index is 0.0641. The third kappa shape index (κ3) is 3.26. The van der Waals surface area contributed by atoms with Gasteiger partial charge >= 0.3 is 0 Å². The second kappa shape index (κ2) is 7.59. The summed E-state index contributed by atoms with van der Waals surface area (Å²) in [7, 11) is 3.98. The Morgan fingerprint density at radius 1 is 1.13 bits per heavy atom. The highest BCUT2D eigenvalue weighted by atomic mass is 32.1. The number of ether oxygens (including phenoxy) is 2. The number of hydrogen-bond donors (Lipinski definition) is 1. The van der Waals surface area contributed by atoms with Gasteiger partial charge < -0.3 is 19.7 Å². The van der Waals surface area contributed by atoms with Crippen molar-refractivity contribution in [3.63, 3.8) is 0 Å². The van der Waals surface area contributed by atoms with Gasteiger partial charge in [0.2, 0.25) is 6.79 Å². The fraction of sp³-hybridized carbons (Fsp3) is 0.217. The molecule has 0 spiro atoms. The lowest BCUT2D eigenvalue weighted by Gasteiger charge is -2.10. The van der Waals surface area contributed by atoms with E-state index < -0.39 is 0 Å². The molecule has 0 unspecified atom stereocenters. The van der Waals surface area contributed by atoms with Gasteiger partial charge in [-0.1, -0.05) is 30.3 Å². The van der Waals surface area contributed by atoms with Crippen molar-refractivity contribution in [2.24, 2.45) is 0 Å². The average Bonchev–Trinajstić information content (AvgIpc) is 3.36. The van der Waals surface area contributed by atoms with Crippen molar-refractivity contribution in [1.29, 1.82) is 0 Å². The summed E-state index contributed by atoms with van der Waals surface area (Å²) in [5.74, 6) is 1.35. The largest absolute Gasteiger partial charge is 0.454 e. The molecule has 0 bridgehead atoms. The Kier molecular flexibility index (Phi) is 4.77. The van der Waals surface area contributed by atoms with Crippen LogP contribution in [-0.4, -0.2) is 49.8 Å². The van der Waals surface area contributed by atoms with Crippen molar-refractivity contribution in [1.82, 2.24) is 15.2 Å². The van der Waals surface area contributed by atoms with Gasteiger partial charge in [0.15, 0.2) is 11.5 Å². The van der Waals surface area contributed by atoms with Gasteiger partial charge in [0.1, 0.15) is 4.88 Å². The molecule has 6 nitrogen and oxygen atoms in total. The van der Waals surface area contributed by atoms with Crippen molar-refractivity contribution in [3.8, 4) is 22.6 Å². The molecule has 0 aliphatic carbocycles. The van der Waals surface area contributed by atoms with Crippen LogP contribution in [0, 0.1) is 0 Å². The smallest absolute Gasteiger partial charge is 0.262 e. The van der Waals surface area contributed by atoms with Crippen LogP contribution >= 0.6 is 11.3 Å². The Balaban J connectivity index is 1.69. The molecule has 1 aliphatic heterocycles. The zero-order chi connectivity index (χ0) is 20.7. The molecule has 0 radical (unpaired) electrons. The minimum atomic E-state index is -0.0641. The molecule has 1 N–H and O–H groups in total. The lowest BCUT2D eigenvalue weighted by molar-refractivity contribution is 0.0955. The van der Waals surface area contributed by atoms with Crippen LogP contribution in [0.4, 0.5) is 0 Å². The Labute approximate surface area is 178 Å². The molecule has 1 aliphatic rings. The number of rotatable bonds is 5. The molecule has 2 aromatic heterocycles. The number of likely N-dealkylation sites (N-methyl/N-ethyl adjacent to an activating group) is 1. The highest BCUT2D eigenvalue weighted by Crippen LogP contribution is 2.44. The molecule has 3 heterocycles. The zero-order valence-corrected chi connectivity index (χ0v) is 17.6. The number of hydrogen-bond acceptors (Lipinski definition) is 6. The van der Waals surface area contributed by atoms with Crippen LogP contribution < -0.4 is 14.8 Å². The number of pyridine rings is 1. The summed E-state index contributed by atoms with van der Waals surface area (Å²) in [6, 6.07) is 13.9. The van der Waals surface area contributed by atoms with E-state index in [1.807, 2.05) is 67.7 Å². The first-order valence-corrected chi connectivity index (χ1v) is 10.6. The first kappa shape index (κ1) is 18.8.